The zero-order chi connectivity index (χ0) is 13.1. The second kappa shape index (κ2) is 5.12. The fourth-order valence-electron chi connectivity index (χ4n) is 1.87. The topological polar surface area (TPSA) is 34.9 Å². The van der Waals surface area contributed by atoms with E-state index in [0.29, 0.717) is 12.2 Å². The molecule has 0 unspecified atom stereocenters. The predicted octanol–water partition coefficient (Wildman–Crippen LogP) is 2.97. The number of ketones is 1. The molecule has 1 aromatic carbocycles. The zero-order valence-corrected chi connectivity index (χ0v) is 10.5. The van der Waals surface area contributed by atoms with Crippen LogP contribution in [0, 0.1) is 12.7 Å². The molecular formula is C14H15FN2O. The van der Waals surface area contributed by atoms with Crippen molar-refractivity contribution in [2.24, 2.45) is 0 Å². The Hall–Kier alpha value is -1.97. The molecule has 0 fully saturated rings. The summed E-state index contributed by atoms with van der Waals surface area (Å²) in [5.74, 6) is -0.808. The second-order valence-corrected chi connectivity index (χ2v) is 4.25. The normalized spacial score (nSPS) is 10.6. The molecule has 0 saturated heterocycles. The largest absolute Gasteiger partial charge is 0.287 e. The summed E-state index contributed by atoms with van der Waals surface area (Å²) in [7, 11) is 0. The van der Waals surface area contributed by atoms with Crippen LogP contribution in [-0.2, 0) is 6.54 Å². The number of rotatable bonds is 4. The molecule has 2 aromatic rings. The lowest BCUT2D eigenvalue weighted by molar-refractivity contribution is 0.102. The molecule has 18 heavy (non-hydrogen) atoms. The van der Waals surface area contributed by atoms with E-state index in [2.05, 4.69) is 5.10 Å². The Labute approximate surface area is 105 Å². The minimum atomic E-state index is -0.491. The number of hydrogen-bond donors (Lipinski definition) is 0. The molecule has 0 radical (unpaired) electrons. The van der Waals surface area contributed by atoms with E-state index < -0.39 is 5.82 Å². The number of halogens is 1. The van der Waals surface area contributed by atoms with Gasteiger partial charge < -0.3 is 0 Å². The molecule has 0 aliphatic carbocycles. The van der Waals surface area contributed by atoms with Crippen LogP contribution in [0.1, 0.15) is 35.0 Å². The summed E-state index contributed by atoms with van der Waals surface area (Å²) in [6.07, 6.45) is 2.44. The van der Waals surface area contributed by atoms with Gasteiger partial charge in [-0.15, -0.1) is 0 Å². The van der Waals surface area contributed by atoms with Gasteiger partial charge in [0.1, 0.15) is 11.5 Å². The Morgan fingerprint density at radius 3 is 2.89 bits per heavy atom. The average Bonchev–Trinajstić information content (AvgIpc) is 2.80. The second-order valence-electron chi connectivity index (χ2n) is 4.25. The summed E-state index contributed by atoms with van der Waals surface area (Å²) < 4.78 is 15.3. The molecule has 0 bridgehead atoms. The van der Waals surface area contributed by atoms with Crippen molar-refractivity contribution < 1.29 is 9.18 Å². The Balaban J connectivity index is 2.41. The number of nitrogens with zero attached hydrogens (tertiary/aromatic N) is 2. The summed E-state index contributed by atoms with van der Waals surface area (Å²) in [6, 6.07) is 6.17. The van der Waals surface area contributed by atoms with Gasteiger partial charge in [0.05, 0.1) is 5.56 Å². The van der Waals surface area contributed by atoms with Crippen molar-refractivity contribution >= 4 is 5.78 Å². The van der Waals surface area contributed by atoms with Gasteiger partial charge in [0, 0.05) is 12.7 Å². The third-order valence-corrected chi connectivity index (χ3v) is 2.75. The Morgan fingerprint density at radius 1 is 1.39 bits per heavy atom. The molecule has 94 valence electrons. The number of aromatic nitrogens is 2. The van der Waals surface area contributed by atoms with E-state index >= 15 is 0 Å². The predicted molar refractivity (Wildman–Crippen MR) is 67.1 cm³/mol. The minimum absolute atomic E-state index is 0.104. The maximum atomic E-state index is 13.7. The number of benzene rings is 1. The lowest BCUT2D eigenvalue weighted by Crippen LogP contribution is -2.13. The van der Waals surface area contributed by atoms with Crippen molar-refractivity contribution in [2.75, 3.05) is 0 Å². The van der Waals surface area contributed by atoms with Gasteiger partial charge in [-0.05, 0) is 31.5 Å². The summed E-state index contributed by atoms with van der Waals surface area (Å²) in [4.78, 5) is 12.3. The molecule has 0 amide bonds. The molecule has 1 heterocycles. The van der Waals surface area contributed by atoms with Crippen molar-refractivity contribution in [2.45, 2.75) is 26.8 Å². The van der Waals surface area contributed by atoms with E-state index in [9.17, 15) is 9.18 Å². The summed E-state index contributed by atoms with van der Waals surface area (Å²) in [5, 5.41) is 4.08. The molecule has 2 rings (SSSR count). The molecule has 0 saturated carbocycles. The smallest absolute Gasteiger partial charge is 0.213 e. The minimum Gasteiger partial charge on any atom is -0.287 e. The van der Waals surface area contributed by atoms with Crippen LogP contribution in [0.5, 0.6) is 0 Å². The van der Waals surface area contributed by atoms with Crippen LogP contribution in [-0.4, -0.2) is 15.6 Å². The maximum Gasteiger partial charge on any atom is 0.213 e. The van der Waals surface area contributed by atoms with Gasteiger partial charge in [-0.25, -0.2) is 4.39 Å². The fourth-order valence-corrected chi connectivity index (χ4v) is 1.87. The highest BCUT2D eigenvalue weighted by atomic mass is 19.1. The first-order valence-electron chi connectivity index (χ1n) is 5.96. The molecule has 3 nitrogen and oxygen atoms in total. The Bertz CT molecular complexity index is 575. The first-order chi connectivity index (χ1) is 8.63. The Morgan fingerprint density at radius 2 is 2.17 bits per heavy atom. The third-order valence-electron chi connectivity index (χ3n) is 2.75. The number of carbonyl (C=O) groups is 1. The van der Waals surface area contributed by atoms with E-state index in [1.54, 1.807) is 29.1 Å². The van der Waals surface area contributed by atoms with Crippen molar-refractivity contribution in [1.29, 1.82) is 0 Å². The van der Waals surface area contributed by atoms with Crippen LogP contribution in [0.2, 0.25) is 0 Å². The van der Waals surface area contributed by atoms with Crippen LogP contribution in [0.25, 0.3) is 0 Å². The lowest BCUT2D eigenvalue weighted by atomic mass is 10.0. The van der Waals surface area contributed by atoms with Crippen molar-refractivity contribution in [1.82, 2.24) is 9.78 Å². The van der Waals surface area contributed by atoms with E-state index in [-0.39, 0.29) is 11.3 Å². The first kappa shape index (κ1) is 12.5. The standard InChI is InChI=1S/C14H15FN2O/c1-3-8-17-13(6-7-16-17)14(18)11-9-10(2)4-5-12(11)15/h4-7,9H,3,8H2,1-2H3. The molecule has 0 atom stereocenters. The van der Waals surface area contributed by atoms with Crippen molar-refractivity contribution in [3.8, 4) is 0 Å². The van der Waals surface area contributed by atoms with Gasteiger partial charge >= 0.3 is 0 Å². The Kier molecular flexibility index (Phi) is 3.55. The van der Waals surface area contributed by atoms with E-state index in [4.69, 9.17) is 0 Å². The molecule has 0 spiro atoms. The highest BCUT2D eigenvalue weighted by Crippen LogP contribution is 2.15. The molecule has 0 aliphatic rings. The van der Waals surface area contributed by atoms with E-state index in [1.165, 1.54) is 6.07 Å². The van der Waals surface area contributed by atoms with Gasteiger partial charge in [-0.3, -0.25) is 9.48 Å². The van der Waals surface area contributed by atoms with Gasteiger partial charge in [-0.1, -0.05) is 18.6 Å². The van der Waals surface area contributed by atoms with Crippen LogP contribution < -0.4 is 0 Å². The van der Waals surface area contributed by atoms with Crippen molar-refractivity contribution in [3.05, 3.63) is 53.1 Å². The van der Waals surface area contributed by atoms with Crippen LogP contribution >= 0.6 is 0 Å². The van der Waals surface area contributed by atoms with Crippen LogP contribution in [0.15, 0.2) is 30.5 Å². The quantitative estimate of drug-likeness (QED) is 0.777. The third kappa shape index (κ3) is 2.32. The van der Waals surface area contributed by atoms with Gasteiger partial charge in [-0.2, -0.15) is 5.10 Å². The van der Waals surface area contributed by atoms with E-state index in [1.807, 2.05) is 13.8 Å². The molecular weight excluding hydrogens is 231 g/mol. The summed E-state index contributed by atoms with van der Waals surface area (Å²) >= 11 is 0. The zero-order valence-electron chi connectivity index (χ0n) is 10.5. The summed E-state index contributed by atoms with van der Waals surface area (Å²) in [5.41, 5.74) is 1.40. The number of aryl methyl sites for hydroxylation is 2. The molecule has 0 N–H and O–H groups in total. The highest BCUT2D eigenvalue weighted by Gasteiger charge is 2.17. The maximum absolute atomic E-state index is 13.7. The van der Waals surface area contributed by atoms with Crippen LogP contribution in [0.4, 0.5) is 4.39 Å². The number of carbonyl (C=O) groups excluding carboxylic acids is 1. The van der Waals surface area contributed by atoms with E-state index in [0.717, 1.165) is 12.0 Å². The molecule has 1 aromatic heterocycles. The average molecular weight is 246 g/mol. The SMILES string of the molecule is CCCn1nccc1C(=O)c1cc(C)ccc1F. The first-order valence-corrected chi connectivity index (χ1v) is 5.96. The molecule has 4 heteroatoms. The van der Waals surface area contributed by atoms with Crippen LogP contribution in [0.3, 0.4) is 0 Å². The van der Waals surface area contributed by atoms with Gasteiger partial charge in [0.25, 0.3) is 0 Å². The molecule has 0 aliphatic heterocycles. The number of hydrogen-bond acceptors (Lipinski definition) is 2. The lowest BCUT2D eigenvalue weighted by Gasteiger charge is -2.06. The van der Waals surface area contributed by atoms with Gasteiger partial charge in [0.15, 0.2) is 0 Å². The van der Waals surface area contributed by atoms with Crippen molar-refractivity contribution in [3.63, 3.8) is 0 Å². The monoisotopic (exact) mass is 246 g/mol. The summed E-state index contributed by atoms with van der Waals surface area (Å²) in [6.45, 7) is 4.49. The highest BCUT2D eigenvalue weighted by molar-refractivity contribution is 6.08. The fraction of sp³-hybridized carbons (Fsp3) is 0.286. The van der Waals surface area contributed by atoms with Gasteiger partial charge in [0.2, 0.25) is 5.78 Å².